The molecule has 1 aromatic heterocycles. The van der Waals surface area contributed by atoms with Crippen LogP contribution in [0.4, 0.5) is 20.2 Å². The van der Waals surface area contributed by atoms with E-state index in [1.165, 1.54) is 12.1 Å². The molecular weight excluding hydrogens is 276 g/mol. The van der Waals surface area contributed by atoms with Crippen molar-refractivity contribution >= 4 is 21.4 Å². The van der Waals surface area contributed by atoms with Crippen LogP contribution in [-0.2, 0) is 10.0 Å². The molecule has 100 valence electrons. The molecule has 0 saturated heterocycles. The van der Waals surface area contributed by atoms with E-state index < -0.39 is 26.7 Å². The van der Waals surface area contributed by atoms with E-state index in [9.17, 15) is 17.2 Å². The molecule has 1 heterocycles. The van der Waals surface area contributed by atoms with E-state index >= 15 is 0 Å². The van der Waals surface area contributed by atoms with Crippen molar-refractivity contribution in [3.63, 3.8) is 0 Å². The molecule has 0 unspecified atom stereocenters. The van der Waals surface area contributed by atoms with Crippen molar-refractivity contribution in [1.82, 2.24) is 4.98 Å². The molecule has 0 fully saturated rings. The molecule has 0 spiro atoms. The fraction of sp³-hybridized carbons (Fsp3) is 0. The molecular formula is C11H9F2N3O2S. The molecule has 0 aliphatic carbocycles. The van der Waals surface area contributed by atoms with E-state index in [1.807, 2.05) is 4.72 Å². The van der Waals surface area contributed by atoms with Crippen LogP contribution in [0.5, 0.6) is 0 Å². The van der Waals surface area contributed by atoms with Gasteiger partial charge in [0.25, 0.3) is 10.0 Å². The monoisotopic (exact) mass is 285 g/mol. The molecule has 19 heavy (non-hydrogen) atoms. The topological polar surface area (TPSA) is 85.1 Å². The maximum absolute atomic E-state index is 13.4. The van der Waals surface area contributed by atoms with E-state index in [4.69, 9.17) is 5.73 Å². The Hall–Kier alpha value is -2.22. The molecule has 8 heteroatoms. The summed E-state index contributed by atoms with van der Waals surface area (Å²) in [5.41, 5.74) is 5.34. The molecule has 5 nitrogen and oxygen atoms in total. The number of hydrogen-bond donors (Lipinski definition) is 2. The van der Waals surface area contributed by atoms with Gasteiger partial charge in [0, 0.05) is 12.3 Å². The van der Waals surface area contributed by atoms with Crippen LogP contribution in [0.1, 0.15) is 0 Å². The number of benzene rings is 1. The minimum absolute atomic E-state index is 0.0151. The van der Waals surface area contributed by atoms with E-state index in [-0.39, 0.29) is 11.4 Å². The van der Waals surface area contributed by atoms with Gasteiger partial charge in [0.15, 0.2) is 5.82 Å². The normalized spacial score (nSPS) is 11.3. The summed E-state index contributed by atoms with van der Waals surface area (Å²) >= 11 is 0. The standard InChI is InChI=1S/C11H9F2N3O2S/c12-7-3-4-9(14)10(6-7)16-19(17,18)11-8(13)2-1-5-15-11/h1-6,16H,14H2. The Labute approximate surface area is 108 Å². The zero-order valence-electron chi connectivity index (χ0n) is 9.47. The quantitative estimate of drug-likeness (QED) is 0.841. The molecule has 3 N–H and O–H groups in total. The Balaban J connectivity index is 2.43. The number of nitrogens with two attached hydrogens (primary N) is 1. The Morgan fingerprint density at radius 2 is 1.95 bits per heavy atom. The molecule has 0 amide bonds. The third kappa shape index (κ3) is 2.79. The number of halogens is 2. The van der Waals surface area contributed by atoms with Crippen LogP contribution in [0, 0.1) is 11.6 Å². The van der Waals surface area contributed by atoms with Gasteiger partial charge in [0.1, 0.15) is 5.82 Å². The van der Waals surface area contributed by atoms with Crippen molar-refractivity contribution in [2.75, 3.05) is 10.5 Å². The highest BCUT2D eigenvalue weighted by molar-refractivity contribution is 7.92. The molecule has 0 aliphatic heterocycles. The first-order valence-corrected chi connectivity index (χ1v) is 6.57. The van der Waals surface area contributed by atoms with E-state index in [1.54, 1.807) is 0 Å². The third-order valence-electron chi connectivity index (χ3n) is 2.24. The van der Waals surface area contributed by atoms with Gasteiger partial charge in [-0.3, -0.25) is 4.72 Å². The molecule has 0 atom stereocenters. The lowest BCUT2D eigenvalue weighted by molar-refractivity contribution is 0.557. The number of sulfonamides is 1. The predicted octanol–water partition coefficient (Wildman–Crippen LogP) is 1.74. The smallest absolute Gasteiger partial charge is 0.282 e. The number of hydrogen-bond acceptors (Lipinski definition) is 4. The van der Waals surface area contributed by atoms with Gasteiger partial charge in [-0.2, -0.15) is 8.42 Å². The van der Waals surface area contributed by atoms with Crippen molar-refractivity contribution in [1.29, 1.82) is 0 Å². The number of pyridine rings is 1. The summed E-state index contributed by atoms with van der Waals surface area (Å²) in [5.74, 6) is -1.68. The van der Waals surface area contributed by atoms with Crippen molar-refractivity contribution in [3.05, 3.63) is 48.2 Å². The number of aromatic nitrogens is 1. The van der Waals surface area contributed by atoms with Crippen molar-refractivity contribution in [2.24, 2.45) is 0 Å². The zero-order valence-corrected chi connectivity index (χ0v) is 10.3. The van der Waals surface area contributed by atoms with Gasteiger partial charge < -0.3 is 5.73 Å². The summed E-state index contributed by atoms with van der Waals surface area (Å²) < 4.78 is 52.2. The van der Waals surface area contributed by atoms with E-state index in [0.29, 0.717) is 0 Å². The first-order valence-electron chi connectivity index (χ1n) is 5.08. The van der Waals surface area contributed by atoms with Crippen molar-refractivity contribution in [2.45, 2.75) is 5.03 Å². The van der Waals surface area contributed by atoms with Gasteiger partial charge >= 0.3 is 0 Å². The summed E-state index contributed by atoms with van der Waals surface area (Å²) in [7, 11) is -4.27. The predicted molar refractivity (Wildman–Crippen MR) is 65.8 cm³/mol. The number of rotatable bonds is 3. The number of nitrogens with zero attached hydrogens (tertiary/aromatic N) is 1. The molecule has 0 saturated carbocycles. The maximum atomic E-state index is 13.4. The Morgan fingerprint density at radius 1 is 1.21 bits per heavy atom. The molecule has 0 radical (unpaired) electrons. The highest BCUT2D eigenvalue weighted by Gasteiger charge is 2.21. The van der Waals surface area contributed by atoms with Crippen molar-refractivity contribution in [3.8, 4) is 0 Å². The minimum atomic E-state index is -4.27. The number of anilines is 2. The van der Waals surface area contributed by atoms with Crippen LogP contribution >= 0.6 is 0 Å². The maximum Gasteiger partial charge on any atom is 0.282 e. The average Bonchev–Trinajstić information content (AvgIpc) is 2.34. The molecule has 2 aromatic rings. The van der Waals surface area contributed by atoms with Crippen LogP contribution < -0.4 is 10.5 Å². The summed E-state index contributed by atoms with van der Waals surface area (Å²) in [6.45, 7) is 0. The van der Waals surface area contributed by atoms with Crippen LogP contribution in [-0.4, -0.2) is 13.4 Å². The summed E-state index contributed by atoms with van der Waals surface area (Å²) in [4.78, 5) is 3.44. The molecule has 1 aromatic carbocycles. The lowest BCUT2D eigenvalue weighted by Gasteiger charge is -2.10. The fourth-order valence-electron chi connectivity index (χ4n) is 1.38. The highest BCUT2D eigenvalue weighted by atomic mass is 32.2. The highest BCUT2D eigenvalue weighted by Crippen LogP contribution is 2.23. The van der Waals surface area contributed by atoms with Gasteiger partial charge in [-0.15, -0.1) is 0 Å². The van der Waals surface area contributed by atoms with Gasteiger partial charge in [-0.1, -0.05) is 0 Å². The third-order valence-corrected chi connectivity index (χ3v) is 3.54. The average molecular weight is 285 g/mol. The van der Waals surface area contributed by atoms with Crippen LogP contribution in [0.25, 0.3) is 0 Å². The lowest BCUT2D eigenvalue weighted by atomic mass is 10.3. The number of nitrogens with one attached hydrogen (secondary N) is 1. The first kappa shape index (κ1) is 13.2. The van der Waals surface area contributed by atoms with E-state index in [0.717, 1.165) is 24.4 Å². The molecule has 0 bridgehead atoms. The van der Waals surface area contributed by atoms with Crippen LogP contribution in [0.15, 0.2) is 41.6 Å². The summed E-state index contributed by atoms with van der Waals surface area (Å²) in [6, 6.07) is 5.38. The minimum Gasteiger partial charge on any atom is -0.397 e. The molecule has 2 rings (SSSR count). The van der Waals surface area contributed by atoms with Gasteiger partial charge in [0.05, 0.1) is 11.4 Å². The summed E-state index contributed by atoms with van der Waals surface area (Å²) in [6.07, 6.45) is 1.13. The Bertz CT molecular complexity index is 720. The molecule has 0 aliphatic rings. The van der Waals surface area contributed by atoms with Gasteiger partial charge in [-0.25, -0.2) is 13.8 Å². The second-order valence-electron chi connectivity index (χ2n) is 3.63. The lowest BCUT2D eigenvalue weighted by Crippen LogP contribution is -2.17. The second kappa shape index (κ2) is 4.81. The first-order chi connectivity index (χ1) is 8.90. The van der Waals surface area contributed by atoms with Gasteiger partial charge in [0.2, 0.25) is 5.03 Å². The van der Waals surface area contributed by atoms with Crippen LogP contribution in [0.3, 0.4) is 0 Å². The Kier molecular flexibility index (Phi) is 3.34. The van der Waals surface area contributed by atoms with Crippen molar-refractivity contribution < 1.29 is 17.2 Å². The Morgan fingerprint density at radius 3 is 2.63 bits per heavy atom. The SMILES string of the molecule is Nc1ccc(F)cc1NS(=O)(=O)c1ncccc1F. The largest absolute Gasteiger partial charge is 0.397 e. The van der Waals surface area contributed by atoms with Crippen LogP contribution in [0.2, 0.25) is 0 Å². The summed E-state index contributed by atoms with van der Waals surface area (Å²) in [5, 5.41) is -0.779. The zero-order chi connectivity index (χ0) is 14.0. The fourth-order valence-corrected chi connectivity index (χ4v) is 2.47. The number of nitrogen functional groups attached to an aromatic ring is 1. The van der Waals surface area contributed by atoms with E-state index in [2.05, 4.69) is 4.98 Å². The van der Waals surface area contributed by atoms with Gasteiger partial charge in [-0.05, 0) is 24.3 Å². The second-order valence-corrected chi connectivity index (χ2v) is 5.23.